The first kappa shape index (κ1) is 16.1. The normalized spacial score (nSPS) is 15.7. The molecule has 0 fully saturated rings. The van der Waals surface area contributed by atoms with Crippen LogP contribution in [0.25, 0.3) is 33.5 Å². The van der Waals surface area contributed by atoms with Gasteiger partial charge in [0, 0.05) is 17.4 Å². The number of aryl methyl sites for hydroxylation is 2. The summed E-state index contributed by atoms with van der Waals surface area (Å²) in [7, 11) is 1.45. The molecule has 2 aromatic heterocycles. The molecule has 0 saturated carbocycles. The molecule has 5 rings (SSSR count). The quantitative estimate of drug-likeness (QED) is 0.499. The molecule has 0 N–H and O–H groups in total. The lowest BCUT2D eigenvalue weighted by Gasteiger charge is -2.28. The molecular weight excluding hydrogens is 338 g/mol. The van der Waals surface area contributed by atoms with Crippen LogP contribution in [0.1, 0.15) is 23.6 Å². The Morgan fingerprint density at radius 3 is 2.74 bits per heavy atom. The Labute approximate surface area is 157 Å². The molecule has 1 atom stereocenters. The maximum atomic E-state index is 12.1. The number of rotatable bonds is 2. The van der Waals surface area contributed by atoms with E-state index in [1.807, 2.05) is 0 Å². The van der Waals surface area contributed by atoms with E-state index >= 15 is 0 Å². The minimum atomic E-state index is -0.198. The Morgan fingerprint density at radius 2 is 1.93 bits per heavy atom. The fourth-order valence-corrected chi connectivity index (χ4v) is 4.22. The summed E-state index contributed by atoms with van der Waals surface area (Å²) in [6, 6.07) is 14.8. The monoisotopic (exact) mass is 359 g/mol. The highest BCUT2D eigenvalue weighted by atomic mass is 16.5. The number of imidazole rings is 1. The standard InChI is InChI=1S/C22H21N3O2/c1-13-8-17-19(9-14(13)2)25-16(11-21(26)27-3)12-24-18-7-5-4-6-15(18)10-20(24)22(25)23-17/h4-10,16H,11-12H2,1-3H3/t16-/m0/s1. The van der Waals surface area contributed by atoms with E-state index in [4.69, 9.17) is 9.72 Å². The van der Waals surface area contributed by atoms with Crippen LogP contribution < -0.4 is 0 Å². The Bertz CT molecular complexity index is 1220. The van der Waals surface area contributed by atoms with Gasteiger partial charge in [-0.15, -0.1) is 0 Å². The summed E-state index contributed by atoms with van der Waals surface area (Å²) in [5.74, 6) is 0.725. The van der Waals surface area contributed by atoms with E-state index in [1.54, 1.807) is 0 Å². The third kappa shape index (κ3) is 2.31. The van der Waals surface area contributed by atoms with Gasteiger partial charge in [0.05, 0.1) is 36.3 Å². The minimum absolute atomic E-state index is 0.0251. The van der Waals surface area contributed by atoms with Gasteiger partial charge in [0.25, 0.3) is 0 Å². The van der Waals surface area contributed by atoms with Crippen molar-refractivity contribution in [2.24, 2.45) is 0 Å². The number of hydrogen-bond donors (Lipinski definition) is 0. The third-order valence-corrected chi connectivity index (χ3v) is 5.73. The van der Waals surface area contributed by atoms with E-state index in [-0.39, 0.29) is 12.0 Å². The summed E-state index contributed by atoms with van der Waals surface area (Å²) in [5.41, 5.74) is 6.79. The highest BCUT2D eigenvalue weighted by Gasteiger charge is 2.30. The minimum Gasteiger partial charge on any atom is -0.469 e. The van der Waals surface area contributed by atoms with Gasteiger partial charge in [-0.1, -0.05) is 18.2 Å². The number of methoxy groups -OCH3 is 1. The second-order valence-corrected chi connectivity index (χ2v) is 7.36. The Kier molecular flexibility index (Phi) is 3.41. The van der Waals surface area contributed by atoms with E-state index in [2.05, 4.69) is 65.4 Å². The summed E-state index contributed by atoms with van der Waals surface area (Å²) >= 11 is 0. The lowest BCUT2D eigenvalue weighted by Crippen LogP contribution is -2.25. The van der Waals surface area contributed by atoms with Crippen LogP contribution in [-0.4, -0.2) is 27.2 Å². The smallest absolute Gasteiger partial charge is 0.307 e. The number of carbonyl (C=O) groups excluding carboxylic acids is 1. The number of carbonyl (C=O) groups is 1. The molecule has 3 heterocycles. The average molecular weight is 359 g/mol. The lowest BCUT2D eigenvalue weighted by molar-refractivity contribution is -0.141. The van der Waals surface area contributed by atoms with Crippen LogP contribution in [0, 0.1) is 13.8 Å². The predicted octanol–water partition coefficient (Wildman–Crippen LogP) is 4.39. The molecule has 5 heteroatoms. The Hall–Kier alpha value is -3.08. The van der Waals surface area contributed by atoms with E-state index in [1.165, 1.54) is 29.1 Å². The predicted molar refractivity (Wildman–Crippen MR) is 106 cm³/mol. The van der Waals surface area contributed by atoms with Crippen molar-refractivity contribution in [3.8, 4) is 11.5 Å². The van der Waals surface area contributed by atoms with Crippen molar-refractivity contribution in [2.75, 3.05) is 7.11 Å². The number of para-hydroxylation sites is 1. The molecule has 1 aliphatic rings. The molecule has 4 aromatic rings. The van der Waals surface area contributed by atoms with Crippen molar-refractivity contribution in [3.05, 3.63) is 53.6 Å². The van der Waals surface area contributed by atoms with E-state index < -0.39 is 0 Å². The van der Waals surface area contributed by atoms with Gasteiger partial charge in [-0.2, -0.15) is 0 Å². The lowest BCUT2D eigenvalue weighted by atomic mass is 10.1. The number of hydrogen-bond acceptors (Lipinski definition) is 3. The van der Waals surface area contributed by atoms with Crippen LogP contribution >= 0.6 is 0 Å². The Morgan fingerprint density at radius 1 is 1.15 bits per heavy atom. The zero-order chi connectivity index (χ0) is 18.7. The van der Waals surface area contributed by atoms with E-state index in [0.717, 1.165) is 29.1 Å². The van der Waals surface area contributed by atoms with Gasteiger partial charge in [0.15, 0.2) is 5.82 Å². The third-order valence-electron chi connectivity index (χ3n) is 5.73. The summed E-state index contributed by atoms with van der Waals surface area (Å²) in [6.45, 7) is 4.95. The van der Waals surface area contributed by atoms with E-state index in [0.29, 0.717) is 6.42 Å². The summed E-state index contributed by atoms with van der Waals surface area (Å²) in [6.07, 6.45) is 0.327. The molecule has 0 bridgehead atoms. The molecule has 0 amide bonds. The van der Waals surface area contributed by atoms with Crippen molar-refractivity contribution in [1.29, 1.82) is 0 Å². The van der Waals surface area contributed by atoms with Crippen LogP contribution in [-0.2, 0) is 16.1 Å². The molecule has 2 aromatic carbocycles. The zero-order valence-electron chi connectivity index (χ0n) is 15.7. The van der Waals surface area contributed by atoms with Crippen LogP contribution in [0.2, 0.25) is 0 Å². The van der Waals surface area contributed by atoms with Gasteiger partial charge in [-0.25, -0.2) is 4.98 Å². The molecule has 0 spiro atoms. The van der Waals surface area contributed by atoms with Gasteiger partial charge in [0.2, 0.25) is 0 Å². The van der Waals surface area contributed by atoms with Gasteiger partial charge in [-0.05, 0) is 49.2 Å². The second kappa shape index (κ2) is 5.71. The fraction of sp³-hybridized carbons (Fsp3) is 0.273. The largest absolute Gasteiger partial charge is 0.469 e. The van der Waals surface area contributed by atoms with Crippen molar-refractivity contribution < 1.29 is 9.53 Å². The van der Waals surface area contributed by atoms with Crippen molar-refractivity contribution in [2.45, 2.75) is 32.9 Å². The maximum Gasteiger partial charge on any atom is 0.307 e. The average Bonchev–Trinajstić information content (AvgIpc) is 3.21. The van der Waals surface area contributed by atoms with E-state index in [9.17, 15) is 4.79 Å². The first-order chi connectivity index (χ1) is 13.1. The number of ether oxygens (including phenoxy) is 1. The highest BCUT2D eigenvalue weighted by Crippen LogP contribution is 2.39. The first-order valence-electron chi connectivity index (χ1n) is 9.21. The number of aromatic nitrogens is 3. The Balaban J connectivity index is 1.82. The van der Waals surface area contributed by atoms with Crippen LogP contribution in [0.15, 0.2) is 42.5 Å². The molecule has 0 saturated heterocycles. The first-order valence-corrected chi connectivity index (χ1v) is 9.21. The van der Waals surface area contributed by atoms with Crippen molar-refractivity contribution in [3.63, 3.8) is 0 Å². The van der Waals surface area contributed by atoms with Crippen LogP contribution in [0.4, 0.5) is 0 Å². The zero-order valence-corrected chi connectivity index (χ0v) is 15.7. The molecule has 27 heavy (non-hydrogen) atoms. The van der Waals surface area contributed by atoms with Gasteiger partial charge in [0.1, 0.15) is 0 Å². The topological polar surface area (TPSA) is 49.1 Å². The second-order valence-electron chi connectivity index (χ2n) is 7.36. The maximum absolute atomic E-state index is 12.1. The summed E-state index contributed by atoms with van der Waals surface area (Å²) in [5, 5.41) is 1.19. The van der Waals surface area contributed by atoms with Crippen molar-refractivity contribution >= 4 is 27.9 Å². The molecule has 0 radical (unpaired) electrons. The molecule has 5 nitrogen and oxygen atoms in total. The van der Waals surface area contributed by atoms with Crippen molar-refractivity contribution in [1.82, 2.24) is 14.1 Å². The number of esters is 1. The summed E-state index contributed by atoms with van der Waals surface area (Å²) < 4.78 is 9.49. The molecular formula is C22H21N3O2. The van der Waals surface area contributed by atoms with Gasteiger partial charge < -0.3 is 13.9 Å². The SMILES string of the molecule is COC(=O)C[C@H]1Cn2c(cc3ccccc32)-c2nc3cc(C)c(C)cc3n21. The molecule has 0 aliphatic carbocycles. The number of benzene rings is 2. The molecule has 1 aliphatic heterocycles. The van der Waals surface area contributed by atoms with Crippen LogP contribution in [0.5, 0.6) is 0 Å². The summed E-state index contributed by atoms with van der Waals surface area (Å²) in [4.78, 5) is 17.1. The van der Waals surface area contributed by atoms with Gasteiger partial charge in [-0.3, -0.25) is 4.79 Å². The molecule has 0 unspecified atom stereocenters. The highest BCUT2D eigenvalue weighted by molar-refractivity contribution is 5.89. The number of nitrogens with zero attached hydrogens (tertiary/aromatic N) is 3. The van der Waals surface area contributed by atoms with Crippen LogP contribution in [0.3, 0.4) is 0 Å². The fourth-order valence-electron chi connectivity index (χ4n) is 4.22. The molecule has 136 valence electrons. The van der Waals surface area contributed by atoms with Gasteiger partial charge >= 0.3 is 5.97 Å². The number of fused-ring (bicyclic) bond motifs is 7.